The quantitative estimate of drug-likeness (QED) is 0.318. The summed E-state index contributed by atoms with van der Waals surface area (Å²) in [5.74, 6) is 0.786. The summed E-state index contributed by atoms with van der Waals surface area (Å²) in [5.41, 5.74) is 5.48. The second-order valence-corrected chi connectivity index (χ2v) is 17.3. The number of pyridine rings is 1. The number of nitrogens with zero attached hydrogens (tertiary/aromatic N) is 1. The van der Waals surface area contributed by atoms with Crippen LogP contribution in [0.5, 0.6) is 0 Å². The van der Waals surface area contributed by atoms with Gasteiger partial charge in [-0.05, 0) is 85.2 Å². The molecule has 2 aliphatic rings. The number of carbonyl (C=O) groups excluding carboxylic acids is 1. The van der Waals surface area contributed by atoms with Gasteiger partial charge in [0.2, 0.25) is 8.32 Å². The molecule has 3 rings (SSSR count). The third kappa shape index (κ3) is 5.39. The van der Waals surface area contributed by atoms with Gasteiger partial charge in [-0.25, -0.2) is 4.79 Å². The van der Waals surface area contributed by atoms with Crippen molar-refractivity contribution in [3.63, 3.8) is 0 Å². The molecule has 0 amide bonds. The van der Waals surface area contributed by atoms with Gasteiger partial charge in [-0.1, -0.05) is 55.4 Å². The number of hydrogen-bond acceptors (Lipinski definition) is 4. The highest BCUT2D eigenvalue weighted by Gasteiger charge is 2.42. The molecule has 0 fully saturated rings. The predicted octanol–water partition coefficient (Wildman–Crippen LogP) is 7.51. The summed E-state index contributed by atoms with van der Waals surface area (Å²) in [5, 5.41) is 0.0986. The van der Waals surface area contributed by atoms with Crippen LogP contribution in [-0.4, -0.2) is 25.4 Å². The third-order valence-corrected chi connectivity index (χ3v) is 12.2. The Morgan fingerprint density at radius 2 is 1.94 bits per heavy atom. The van der Waals surface area contributed by atoms with E-state index in [1.807, 2.05) is 0 Å². The molecular formula is C28H45NO3Si. The van der Waals surface area contributed by atoms with Crippen molar-refractivity contribution < 1.29 is 14.0 Å². The molecule has 184 valence electrons. The summed E-state index contributed by atoms with van der Waals surface area (Å²) in [7, 11) is -1.99. The SMILES string of the molecule is CCc1c2c(nc(C(C)C)c1C(=O)O[C@H]1CCC=C1O[Si](C)(C)C(C)(C)C)CC(C)(C)CC2. The highest BCUT2D eigenvalue weighted by Crippen LogP contribution is 2.41. The fraction of sp³-hybridized carbons (Fsp3) is 0.714. The van der Waals surface area contributed by atoms with Crippen molar-refractivity contribution in [2.45, 2.75) is 124 Å². The molecule has 5 heteroatoms. The molecular weight excluding hydrogens is 426 g/mol. The summed E-state index contributed by atoms with van der Waals surface area (Å²) < 4.78 is 12.8. The molecule has 2 aliphatic carbocycles. The lowest BCUT2D eigenvalue weighted by Gasteiger charge is -2.38. The minimum Gasteiger partial charge on any atom is -0.544 e. The van der Waals surface area contributed by atoms with Crippen LogP contribution < -0.4 is 0 Å². The molecule has 0 radical (unpaired) electrons. The van der Waals surface area contributed by atoms with E-state index in [9.17, 15) is 4.79 Å². The number of ether oxygens (including phenoxy) is 1. The lowest BCUT2D eigenvalue weighted by atomic mass is 9.74. The van der Waals surface area contributed by atoms with Crippen LogP contribution in [0.1, 0.15) is 113 Å². The molecule has 0 aliphatic heterocycles. The van der Waals surface area contributed by atoms with Gasteiger partial charge in [-0.3, -0.25) is 4.98 Å². The predicted molar refractivity (Wildman–Crippen MR) is 138 cm³/mol. The summed E-state index contributed by atoms with van der Waals surface area (Å²) >= 11 is 0. The number of esters is 1. The Morgan fingerprint density at radius 1 is 1.27 bits per heavy atom. The van der Waals surface area contributed by atoms with Crippen LogP contribution in [0, 0.1) is 5.41 Å². The summed E-state index contributed by atoms with van der Waals surface area (Å²) in [6.07, 6.45) is 7.41. The molecule has 0 spiro atoms. The first kappa shape index (κ1) is 26.0. The molecule has 1 aromatic heterocycles. The maximum atomic E-state index is 13.7. The van der Waals surface area contributed by atoms with Gasteiger partial charge in [0.25, 0.3) is 0 Å². The van der Waals surface area contributed by atoms with Gasteiger partial charge in [-0.15, -0.1) is 0 Å². The van der Waals surface area contributed by atoms with E-state index in [0.717, 1.165) is 55.5 Å². The number of allylic oxidation sites excluding steroid dienone is 1. The van der Waals surface area contributed by atoms with E-state index in [4.69, 9.17) is 14.1 Å². The van der Waals surface area contributed by atoms with E-state index in [1.165, 1.54) is 11.3 Å². The first-order chi connectivity index (χ1) is 15.2. The zero-order valence-electron chi connectivity index (χ0n) is 22.6. The summed E-state index contributed by atoms with van der Waals surface area (Å²) in [4.78, 5) is 18.8. The molecule has 33 heavy (non-hydrogen) atoms. The van der Waals surface area contributed by atoms with Crippen molar-refractivity contribution in [3.05, 3.63) is 39.9 Å². The molecule has 1 aromatic rings. The topological polar surface area (TPSA) is 48.4 Å². The largest absolute Gasteiger partial charge is 0.544 e. The fourth-order valence-corrected chi connectivity index (χ4v) is 5.85. The number of hydrogen-bond donors (Lipinski definition) is 0. The molecule has 4 nitrogen and oxygen atoms in total. The van der Waals surface area contributed by atoms with Crippen LogP contribution in [0.4, 0.5) is 0 Å². The van der Waals surface area contributed by atoms with Crippen LogP contribution in [0.3, 0.4) is 0 Å². The Morgan fingerprint density at radius 3 is 2.52 bits per heavy atom. The van der Waals surface area contributed by atoms with Crippen molar-refractivity contribution in [1.29, 1.82) is 0 Å². The van der Waals surface area contributed by atoms with Gasteiger partial charge in [0, 0.05) is 5.69 Å². The maximum absolute atomic E-state index is 13.7. The monoisotopic (exact) mass is 471 g/mol. The van der Waals surface area contributed by atoms with Crippen molar-refractivity contribution in [1.82, 2.24) is 4.98 Å². The van der Waals surface area contributed by atoms with E-state index in [-0.39, 0.29) is 28.4 Å². The first-order valence-corrected chi connectivity index (χ1v) is 15.7. The van der Waals surface area contributed by atoms with Gasteiger partial charge >= 0.3 is 5.97 Å². The average Bonchev–Trinajstić information content (AvgIpc) is 3.10. The van der Waals surface area contributed by atoms with Crippen LogP contribution in [0.15, 0.2) is 11.8 Å². The first-order valence-electron chi connectivity index (χ1n) is 12.8. The highest BCUT2D eigenvalue weighted by atomic mass is 28.4. The van der Waals surface area contributed by atoms with Gasteiger partial charge in [-0.2, -0.15) is 0 Å². The van der Waals surface area contributed by atoms with Crippen molar-refractivity contribution in [3.8, 4) is 0 Å². The normalized spacial score (nSPS) is 20.5. The second kappa shape index (κ2) is 9.20. The Kier molecular flexibility index (Phi) is 7.25. The minimum atomic E-state index is -1.99. The molecule has 1 atom stereocenters. The van der Waals surface area contributed by atoms with Gasteiger partial charge in [0.05, 0.1) is 11.3 Å². The third-order valence-electron chi connectivity index (χ3n) is 7.85. The standard InChI is InChI=1S/C28H45NO3Si/c1-11-19-20-15-16-28(7,8)17-21(20)29-25(18(2)3)24(19)26(30)31-22-13-12-14-23(22)32-33(9,10)27(4,5)6/h14,18,22H,11-13,15-17H2,1-10H3/t22-/m0/s1. The molecule has 1 heterocycles. The van der Waals surface area contributed by atoms with E-state index in [0.29, 0.717) is 5.56 Å². The smallest absolute Gasteiger partial charge is 0.341 e. The van der Waals surface area contributed by atoms with E-state index in [2.05, 4.69) is 74.6 Å². The Balaban J connectivity index is 1.93. The van der Waals surface area contributed by atoms with Crippen LogP contribution in [0.2, 0.25) is 18.1 Å². The molecule has 0 aromatic carbocycles. The van der Waals surface area contributed by atoms with Gasteiger partial charge < -0.3 is 9.16 Å². The second-order valence-electron chi connectivity index (χ2n) is 12.6. The average molecular weight is 472 g/mol. The molecule has 0 bridgehead atoms. The van der Waals surface area contributed by atoms with Crippen molar-refractivity contribution >= 4 is 14.3 Å². The van der Waals surface area contributed by atoms with Crippen LogP contribution in [0.25, 0.3) is 0 Å². The van der Waals surface area contributed by atoms with Crippen molar-refractivity contribution in [2.24, 2.45) is 5.41 Å². The number of rotatable bonds is 6. The Bertz CT molecular complexity index is 937. The Labute approximate surface area is 202 Å². The maximum Gasteiger partial charge on any atom is 0.341 e. The van der Waals surface area contributed by atoms with E-state index >= 15 is 0 Å². The number of aromatic nitrogens is 1. The van der Waals surface area contributed by atoms with Gasteiger partial charge in [0.1, 0.15) is 5.76 Å². The Hall–Kier alpha value is -1.62. The minimum absolute atomic E-state index is 0.0986. The number of fused-ring (bicyclic) bond motifs is 1. The zero-order chi connectivity index (χ0) is 24.8. The molecule has 0 saturated heterocycles. The fourth-order valence-electron chi connectivity index (χ4n) is 4.74. The lowest BCUT2D eigenvalue weighted by Crippen LogP contribution is -2.41. The van der Waals surface area contributed by atoms with Crippen LogP contribution >= 0.6 is 0 Å². The molecule has 0 saturated carbocycles. The summed E-state index contributed by atoms with van der Waals surface area (Å²) in [6.45, 7) is 22.2. The van der Waals surface area contributed by atoms with E-state index < -0.39 is 8.32 Å². The highest BCUT2D eigenvalue weighted by molar-refractivity contribution is 6.74. The molecule has 0 unspecified atom stereocenters. The number of carbonyl (C=O) groups is 1. The zero-order valence-corrected chi connectivity index (χ0v) is 23.6. The molecule has 0 N–H and O–H groups in total. The summed E-state index contributed by atoms with van der Waals surface area (Å²) in [6, 6.07) is 0. The van der Waals surface area contributed by atoms with Gasteiger partial charge in [0.15, 0.2) is 6.10 Å². The van der Waals surface area contributed by atoms with Crippen molar-refractivity contribution in [2.75, 3.05) is 0 Å². The lowest BCUT2D eigenvalue weighted by molar-refractivity contribution is 0.0303. The van der Waals surface area contributed by atoms with Crippen LogP contribution in [-0.2, 0) is 28.4 Å². The van der Waals surface area contributed by atoms with E-state index in [1.54, 1.807) is 0 Å².